The van der Waals surface area contributed by atoms with Gasteiger partial charge < -0.3 is 0 Å². The van der Waals surface area contributed by atoms with Gasteiger partial charge in [-0.3, -0.25) is 11.3 Å². The third kappa shape index (κ3) is 5.57. The molecule has 0 heterocycles. The minimum Gasteiger partial charge on any atom is -0.271 e. The van der Waals surface area contributed by atoms with Crippen molar-refractivity contribution in [2.75, 3.05) is 11.5 Å². The first-order valence-electron chi connectivity index (χ1n) is 6.00. The second-order valence-electron chi connectivity index (χ2n) is 4.73. The average molecular weight is 291 g/mol. The first kappa shape index (κ1) is 15.8. The van der Waals surface area contributed by atoms with Crippen LogP contribution in [0, 0.1) is 11.7 Å². The number of halogens is 2. The van der Waals surface area contributed by atoms with E-state index in [9.17, 15) is 4.39 Å². The maximum absolute atomic E-state index is 13.6. The highest BCUT2D eigenvalue weighted by molar-refractivity contribution is 7.99. The minimum absolute atomic E-state index is 0.0735. The molecule has 1 atom stereocenters. The van der Waals surface area contributed by atoms with Crippen LogP contribution in [0.3, 0.4) is 0 Å². The molecule has 0 saturated carbocycles. The van der Waals surface area contributed by atoms with Crippen molar-refractivity contribution >= 4 is 23.4 Å². The smallest absolute Gasteiger partial charge is 0.127 e. The van der Waals surface area contributed by atoms with Gasteiger partial charge in [0.2, 0.25) is 0 Å². The fourth-order valence-corrected chi connectivity index (χ4v) is 2.83. The van der Waals surface area contributed by atoms with Crippen molar-refractivity contribution < 1.29 is 4.39 Å². The van der Waals surface area contributed by atoms with Crippen molar-refractivity contribution in [3.8, 4) is 0 Å². The van der Waals surface area contributed by atoms with Crippen LogP contribution < -0.4 is 11.3 Å². The zero-order chi connectivity index (χ0) is 13.5. The lowest BCUT2D eigenvalue weighted by molar-refractivity contribution is 0.546. The Bertz CT molecular complexity index is 374. The summed E-state index contributed by atoms with van der Waals surface area (Å²) in [5.74, 6) is 7.85. The van der Waals surface area contributed by atoms with Gasteiger partial charge in [0.1, 0.15) is 5.82 Å². The average Bonchev–Trinajstić information content (AvgIpc) is 2.30. The molecular formula is C13H20ClFN2S. The summed E-state index contributed by atoms with van der Waals surface area (Å²) in [5.41, 5.74) is 3.39. The van der Waals surface area contributed by atoms with Gasteiger partial charge in [0.25, 0.3) is 0 Å². The second-order valence-corrected chi connectivity index (χ2v) is 6.25. The molecular weight excluding hydrogens is 271 g/mol. The summed E-state index contributed by atoms with van der Waals surface area (Å²) in [4.78, 5) is 0. The van der Waals surface area contributed by atoms with Crippen molar-refractivity contribution in [3.05, 3.63) is 34.6 Å². The van der Waals surface area contributed by atoms with Gasteiger partial charge in [-0.25, -0.2) is 4.39 Å². The van der Waals surface area contributed by atoms with E-state index in [1.807, 2.05) is 11.8 Å². The van der Waals surface area contributed by atoms with E-state index < -0.39 is 0 Å². The Morgan fingerprint density at radius 2 is 2.11 bits per heavy atom. The largest absolute Gasteiger partial charge is 0.271 e. The van der Waals surface area contributed by atoms with Crippen LogP contribution in [0.1, 0.15) is 19.4 Å². The van der Waals surface area contributed by atoms with E-state index in [2.05, 4.69) is 19.3 Å². The van der Waals surface area contributed by atoms with Crippen LogP contribution in [-0.2, 0) is 6.42 Å². The molecule has 1 rings (SSSR count). The summed E-state index contributed by atoms with van der Waals surface area (Å²) in [6.07, 6.45) is 0.574. The normalized spacial score (nSPS) is 13.0. The van der Waals surface area contributed by atoms with E-state index in [0.29, 0.717) is 22.9 Å². The Balaban J connectivity index is 2.51. The van der Waals surface area contributed by atoms with Gasteiger partial charge in [-0.2, -0.15) is 11.8 Å². The first-order chi connectivity index (χ1) is 8.52. The Kier molecular flexibility index (Phi) is 7.00. The van der Waals surface area contributed by atoms with Crippen LogP contribution >= 0.6 is 23.4 Å². The summed E-state index contributed by atoms with van der Waals surface area (Å²) in [6.45, 7) is 4.35. The molecule has 102 valence electrons. The first-order valence-corrected chi connectivity index (χ1v) is 7.54. The topological polar surface area (TPSA) is 38.0 Å². The molecule has 1 aromatic carbocycles. The Morgan fingerprint density at radius 3 is 2.67 bits per heavy atom. The molecule has 0 aliphatic rings. The molecule has 0 aliphatic carbocycles. The Morgan fingerprint density at radius 1 is 1.39 bits per heavy atom. The SMILES string of the molecule is CC(C)CSCC(Cc1ccc(Cl)cc1F)NN. The predicted octanol–water partition coefficient (Wildman–Crippen LogP) is 3.24. The molecule has 1 unspecified atom stereocenters. The highest BCUT2D eigenvalue weighted by Crippen LogP contribution is 2.17. The maximum Gasteiger partial charge on any atom is 0.127 e. The molecule has 0 radical (unpaired) electrons. The van der Waals surface area contributed by atoms with E-state index >= 15 is 0 Å². The molecule has 0 aliphatic heterocycles. The Hall–Kier alpha value is -0.290. The van der Waals surface area contributed by atoms with Gasteiger partial charge in [-0.1, -0.05) is 31.5 Å². The molecule has 5 heteroatoms. The summed E-state index contributed by atoms with van der Waals surface area (Å²) in [7, 11) is 0. The lowest BCUT2D eigenvalue weighted by atomic mass is 10.1. The van der Waals surface area contributed by atoms with E-state index in [1.54, 1.807) is 12.1 Å². The molecule has 0 saturated heterocycles. The summed E-state index contributed by atoms with van der Waals surface area (Å²) < 4.78 is 13.6. The zero-order valence-corrected chi connectivity index (χ0v) is 12.3. The van der Waals surface area contributed by atoms with Gasteiger partial charge in [0.15, 0.2) is 0 Å². The van der Waals surface area contributed by atoms with Crippen molar-refractivity contribution in [1.29, 1.82) is 0 Å². The highest BCUT2D eigenvalue weighted by Gasteiger charge is 2.11. The maximum atomic E-state index is 13.6. The standard InChI is InChI=1S/C13H20ClFN2S/c1-9(2)7-18-8-12(17-16)5-10-3-4-11(14)6-13(10)15/h3-4,6,9,12,17H,5,7-8,16H2,1-2H3. The highest BCUT2D eigenvalue weighted by atomic mass is 35.5. The van der Waals surface area contributed by atoms with Gasteiger partial charge >= 0.3 is 0 Å². The molecule has 0 spiro atoms. The van der Waals surface area contributed by atoms with E-state index in [-0.39, 0.29) is 11.9 Å². The number of nitrogens with one attached hydrogen (secondary N) is 1. The summed E-state index contributed by atoms with van der Waals surface area (Å²) in [5, 5.41) is 0.419. The lowest BCUT2D eigenvalue weighted by Gasteiger charge is -2.16. The molecule has 0 aromatic heterocycles. The number of thioether (sulfide) groups is 1. The number of hydrogen-bond acceptors (Lipinski definition) is 3. The van der Waals surface area contributed by atoms with E-state index in [1.165, 1.54) is 6.07 Å². The van der Waals surface area contributed by atoms with Crippen LogP contribution in [0.15, 0.2) is 18.2 Å². The predicted molar refractivity (Wildman–Crippen MR) is 78.4 cm³/mol. The van der Waals surface area contributed by atoms with Gasteiger partial charge in [0.05, 0.1) is 0 Å². The fraction of sp³-hybridized carbons (Fsp3) is 0.538. The molecule has 0 fully saturated rings. The molecule has 18 heavy (non-hydrogen) atoms. The van der Waals surface area contributed by atoms with Crippen LogP contribution in [-0.4, -0.2) is 17.5 Å². The molecule has 0 amide bonds. The lowest BCUT2D eigenvalue weighted by Crippen LogP contribution is -2.39. The van der Waals surface area contributed by atoms with Crippen molar-refractivity contribution in [2.45, 2.75) is 26.3 Å². The Labute approximate surface area is 117 Å². The minimum atomic E-state index is -0.267. The van der Waals surface area contributed by atoms with E-state index in [0.717, 1.165) is 11.5 Å². The van der Waals surface area contributed by atoms with Gasteiger partial charge in [-0.15, -0.1) is 0 Å². The molecule has 2 nitrogen and oxygen atoms in total. The second kappa shape index (κ2) is 8.00. The third-order valence-corrected chi connectivity index (χ3v) is 4.26. The van der Waals surface area contributed by atoms with Crippen molar-refractivity contribution in [1.82, 2.24) is 5.43 Å². The van der Waals surface area contributed by atoms with Gasteiger partial charge in [-0.05, 0) is 35.8 Å². The monoisotopic (exact) mass is 290 g/mol. The van der Waals surface area contributed by atoms with Crippen molar-refractivity contribution in [3.63, 3.8) is 0 Å². The molecule has 1 aromatic rings. The zero-order valence-electron chi connectivity index (χ0n) is 10.7. The summed E-state index contributed by atoms with van der Waals surface area (Å²) in [6, 6.07) is 4.83. The van der Waals surface area contributed by atoms with Crippen molar-refractivity contribution in [2.24, 2.45) is 11.8 Å². The molecule has 3 N–H and O–H groups in total. The van der Waals surface area contributed by atoms with Gasteiger partial charge in [0, 0.05) is 16.8 Å². The fourth-order valence-electron chi connectivity index (χ4n) is 1.56. The number of nitrogens with two attached hydrogens (primary N) is 1. The quantitative estimate of drug-likeness (QED) is 0.598. The number of benzene rings is 1. The van der Waals surface area contributed by atoms with Crippen LogP contribution in [0.4, 0.5) is 4.39 Å². The number of hydrogen-bond donors (Lipinski definition) is 2. The third-order valence-electron chi connectivity index (χ3n) is 2.49. The molecule has 0 bridgehead atoms. The number of hydrazine groups is 1. The van der Waals surface area contributed by atoms with Crippen LogP contribution in [0.2, 0.25) is 5.02 Å². The van der Waals surface area contributed by atoms with Crippen LogP contribution in [0.25, 0.3) is 0 Å². The summed E-state index contributed by atoms with van der Waals surface area (Å²) >= 11 is 7.55. The number of rotatable bonds is 7. The van der Waals surface area contributed by atoms with E-state index in [4.69, 9.17) is 17.4 Å². The van der Waals surface area contributed by atoms with Crippen LogP contribution in [0.5, 0.6) is 0 Å².